The molecule has 1 N–H and O–H groups in total. The molecule has 0 atom stereocenters. The van der Waals surface area contributed by atoms with Gasteiger partial charge >= 0.3 is 5.97 Å². The van der Waals surface area contributed by atoms with E-state index in [2.05, 4.69) is 15.9 Å². The highest BCUT2D eigenvalue weighted by atomic mass is 79.9. The normalized spacial score (nSPS) is 10.0. The summed E-state index contributed by atoms with van der Waals surface area (Å²) >= 11 is 3.18. The molecule has 15 heavy (non-hydrogen) atoms. The van der Waals surface area contributed by atoms with Crippen molar-refractivity contribution >= 4 is 27.7 Å². The zero-order valence-electron chi connectivity index (χ0n) is 7.99. The minimum atomic E-state index is -1.47. The van der Waals surface area contributed by atoms with E-state index in [9.17, 15) is 9.59 Å². The third-order valence-electron chi connectivity index (χ3n) is 1.81. The van der Waals surface area contributed by atoms with Gasteiger partial charge in [0.05, 0.1) is 6.61 Å². The van der Waals surface area contributed by atoms with E-state index in [-0.39, 0.29) is 12.2 Å². The first-order valence-electron chi connectivity index (χ1n) is 4.11. The standard InChI is InChI=1S/C10H9BrO4/c1-15-5-6-2-3-7(11)4-8(6)9(12)10(13)14/h2-4H,5H2,1H3,(H,13,14). The number of benzene rings is 1. The number of ether oxygens (including phenoxy) is 1. The molecule has 0 aromatic heterocycles. The molecule has 4 nitrogen and oxygen atoms in total. The first kappa shape index (κ1) is 11.9. The van der Waals surface area contributed by atoms with Crippen LogP contribution >= 0.6 is 15.9 Å². The zero-order chi connectivity index (χ0) is 11.4. The van der Waals surface area contributed by atoms with Crippen molar-refractivity contribution in [3.8, 4) is 0 Å². The van der Waals surface area contributed by atoms with Gasteiger partial charge in [-0.2, -0.15) is 0 Å². The van der Waals surface area contributed by atoms with Crippen LogP contribution in [0.25, 0.3) is 0 Å². The largest absolute Gasteiger partial charge is 0.475 e. The van der Waals surface area contributed by atoms with E-state index in [1.54, 1.807) is 12.1 Å². The molecule has 1 aromatic carbocycles. The summed E-state index contributed by atoms with van der Waals surface area (Å²) in [7, 11) is 1.48. The van der Waals surface area contributed by atoms with Crippen molar-refractivity contribution in [2.45, 2.75) is 6.61 Å². The summed E-state index contributed by atoms with van der Waals surface area (Å²) in [5.74, 6) is -2.39. The van der Waals surface area contributed by atoms with Crippen molar-refractivity contribution in [3.05, 3.63) is 33.8 Å². The Bertz CT molecular complexity index is 400. The molecule has 0 radical (unpaired) electrons. The van der Waals surface area contributed by atoms with Crippen LogP contribution < -0.4 is 0 Å². The predicted molar refractivity (Wildman–Crippen MR) is 56.8 cm³/mol. The molecule has 5 heteroatoms. The second-order valence-electron chi connectivity index (χ2n) is 2.87. The average molecular weight is 273 g/mol. The maximum Gasteiger partial charge on any atom is 0.377 e. The van der Waals surface area contributed by atoms with Crippen LogP contribution in [0, 0.1) is 0 Å². The summed E-state index contributed by atoms with van der Waals surface area (Å²) in [5.41, 5.74) is 0.715. The Morgan fingerprint density at radius 1 is 1.47 bits per heavy atom. The molecule has 0 saturated carbocycles. The minimum Gasteiger partial charge on any atom is -0.475 e. The van der Waals surface area contributed by atoms with E-state index in [0.717, 1.165) is 0 Å². The predicted octanol–water partition coefficient (Wildman–Crippen LogP) is 1.86. The molecule has 0 amide bonds. The number of aliphatic carboxylic acids is 1. The highest BCUT2D eigenvalue weighted by Crippen LogP contribution is 2.18. The molecule has 0 aliphatic carbocycles. The molecular formula is C10H9BrO4. The molecule has 0 unspecified atom stereocenters. The van der Waals surface area contributed by atoms with Gasteiger partial charge in [-0.3, -0.25) is 4.79 Å². The monoisotopic (exact) mass is 272 g/mol. The lowest BCUT2D eigenvalue weighted by Gasteiger charge is -2.06. The fourth-order valence-corrected chi connectivity index (χ4v) is 1.52. The van der Waals surface area contributed by atoms with Crippen LogP contribution in [0.15, 0.2) is 22.7 Å². The molecule has 1 aromatic rings. The van der Waals surface area contributed by atoms with Gasteiger partial charge in [0, 0.05) is 17.1 Å². The summed E-state index contributed by atoms with van der Waals surface area (Å²) in [4.78, 5) is 21.9. The lowest BCUT2D eigenvalue weighted by molar-refractivity contribution is -0.131. The number of hydrogen-bond acceptors (Lipinski definition) is 3. The molecule has 80 valence electrons. The first-order chi connectivity index (χ1) is 7.06. The average Bonchev–Trinajstić information content (AvgIpc) is 2.20. The van der Waals surface area contributed by atoms with Crippen molar-refractivity contribution < 1.29 is 19.4 Å². The van der Waals surface area contributed by atoms with Crippen LogP contribution in [-0.4, -0.2) is 24.0 Å². The Morgan fingerprint density at radius 3 is 2.67 bits per heavy atom. The van der Waals surface area contributed by atoms with Crippen LogP contribution in [-0.2, 0) is 16.1 Å². The lowest BCUT2D eigenvalue weighted by atomic mass is 10.0. The highest BCUT2D eigenvalue weighted by molar-refractivity contribution is 9.10. The molecule has 0 bridgehead atoms. The van der Waals surface area contributed by atoms with Crippen LogP contribution in [0.3, 0.4) is 0 Å². The van der Waals surface area contributed by atoms with Gasteiger partial charge in [-0.15, -0.1) is 0 Å². The number of Topliss-reactive ketones (excluding diaryl/α,β-unsaturated/α-hetero) is 1. The second-order valence-corrected chi connectivity index (χ2v) is 3.78. The highest BCUT2D eigenvalue weighted by Gasteiger charge is 2.18. The Kier molecular flexibility index (Phi) is 3.99. The molecule has 0 aliphatic rings. The molecule has 0 spiro atoms. The van der Waals surface area contributed by atoms with Crippen molar-refractivity contribution in [1.29, 1.82) is 0 Å². The van der Waals surface area contributed by atoms with Gasteiger partial charge in [0.25, 0.3) is 5.78 Å². The van der Waals surface area contributed by atoms with Crippen molar-refractivity contribution in [2.24, 2.45) is 0 Å². The second kappa shape index (κ2) is 5.04. The number of carboxylic acid groups (broad SMARTS) is 1. The molecule has 0 aliphatic heterocycles. The van der Waals surface area contributed by atoms with Gasteiger partial charge in [0.2, 0.25) is 0 Å². The van der Waals surface area contributed by atoms with Crippen LogP contribution in [0.4, 0.5) is 0 Å². The smallest absolute Gasteiger partial charge is 0.377 e. The number of methoxy groups -OCH3 is 1. The fraction of sp³-hybridized carbons (Fsp3) is 0.200. The third kappa shape index (κ3) is 2.87. The topological polar surface area (TPSA) is 63.6 Å². The molecular weight excluding hydrogens is 264 g/mol. The van der Waals surface area contributed by atoms with Gasteiger partial charge in [0.1, 0.15) is 0 Å². The van der Waals surface area contributed by atoms with E-state index in [1.165, 1.54) is 13.2 Å². The van der Waals surface area contributed by atoms with Crippen molar-refractivity contribution in [2.75, 3.05) is 7.11 Å². The first-order valence-corrected chi connectivity index (χ1v) is 4.90. The zero-order valence-corrected chi connectivity index (χ0v) is 9.58. The van der Waals surface area contributed by atoms with E-state index < -0.39 is 11.8 Å². The van der Waals surface area contributed by atoms with Crippen molar-refractivity contribution in [3.63, 3.8) is 0 Å². The van der Waals surface area contributed by atoms with E-state index in [1.807, 2.05) is 0 Å². The Morgan fingerprint density at radius 2 is 2.13 bits per heavy atom. The summed E-state index contributed by atoms with van der Waals surface area (Å²) in [6, 6.07) is 4.86. The SMILES string of the molecule is COCc1ccc(Br)cc1C(=O)C(=O)O. The maximum absolute atomic E-state index is 11.3. The number of rotatable bonds is 4. The van der Waals surface area contributed by atoms with Gasteiger partial charge in [0.15, 0.2) is 0 Å². The maximum atomic E-state index is 11.3. The van der Waals surface area contributed by atoms with E-state index in [0.29, 0.717) is 10.0 Å². The Labute approximate surface area is 95.0 Å². The molecule has 0 fully saturated rings. The Balaban J connectivity index is 3.17. The van der Waals surface area contributed by atoms with Crippen LogP contribution in [0.5, 0.6) is 0 Å². The quantitative estimate of drug-likeness (QED) is 0.671. The third-order valence-corrected chi connectivity index (χ3v) is 2.30. The fourth-order valence-electron chi connectivity index (χ4n) is 1.16. The van der Waals surface area contributed by atoms with Crippen molar-refractivity contribution in [1.82, 2.24) is 0 Å². The Hall–Kier alpha value is -1.20. The summed E-state index contributed by atoms with van der Waals surface area (Å²) in [6.45, 7) is 0.210. The molecule has 0 saturated heterocycles. The van der Waals surface area contributed by atoms with Gasteiger partial charge in [-0.25, -0.2) is 4.79 Å². The van der Waals surface area contributed by atoms with Gasteiger partial charge in [-0.1, -0.05) is 22.0 Å². The lowest BCUT2D eigenvalue weighted by Crippen LogP contribution is -2.15. The number of carboxylic acids is 1. The number of carbonyl (C=O) groups excluding carboxylic acids is 1. The van der Waals surface area contributed by atoms with E-state index >= 15 is 0 Å². The summed E-state index contributed by atoms with van der Waals surface area (Å²) in [6.07, 6.45) is 0. The number of ketones is 1. The summed E-state index contributed by atoms with van der Waals surface area (Å²) < 4.78 is 5.54. The summed E-state index contributed by atoms with van der Waals surface area (Å²) in [5, 5.41) is 8.61. The molecule has 0 heterocycles. The van der Waals surface area contributed by atoms with E-state index in [4.69, 9.17) is 9.84 Å². The number of carbonyl (C=O) groups is 2. The van der Waals surface area contributed by atoms with Crippen LogP contribution in [0.2, 0.25) is 0 Å². The molecule has 1 rings (SSSR count). The number of hydrogen-bond donors (Lipinski definition) is 1. The minimum absolute atomic E-state index is 0.152. The van der Waals surface area contributed by atoms with Gasteiger partial charge < -0.3 is 9.84 Å². The number of halogens is 1. The van der Waals surface area contributed by atoms with Crippen LogP contribution in [0.1, 0.15) is 15.9 Å². The van der Waals surface area contributed by atoms with Gasteiger partial charge in [-0.05, 0) is 17.7 Å².